The van der Waals surface area contributed by atoms with Gasteiger partial charge in [-0.3, -0.25) is 15.1 Å². The van der Waals surface area contributed by atoms with Gasteiger partial charge in [-0.2, -0.15) is 0 Å². The van der Waals surface area contributed by atoms with Crippen molar-refractivity contribution in [1.29, 1.82) is 0 Å². The Morgan fingerprint density at radius 3 is 2.59 bits per heavy atom. The van der Waals surface area contributed by atoms with Gasteiger partial charge in [-0.05, 0) is 51.5 Å². The van der Waals surface area contributed by atoms with E-state index in [-0.39, 0.29) is 11.2 Å². The minimum Gasteiger partial charge on any atom is -0.365 e. The topological polar surface area (TPSA) is 58.7 Å². The summed E-state index contributed by atoms with van der Waals surface area (Å²) < 4.78 is 0. The van der Waals surface area contributed by atoms with Crippen molar-refractivity contribution in [2.75, 3.05) is 11.9 Å². The Kier molecular flexibility index (Phi) is 4.82. The van der Waals surface area contributed by atoms with Crippen LogP contribution in [0.15, 0.2) is 41.4 Å². The van der Waals surface area contributed by atoms with Crippen molar-refractivity contribution in [3.05, 3.63) is 68.2 Å². The molecule has 0 N–H and O–H groups in total. The molecule has 0 saturated heterocycles. The number of allylic oxidation sites excluding steroid dienone is 1. The fourth-order valence-corrected chi connectivity index (χ4v) is 3.51. The molecule has 0 bridgehead atoms. The summed E-state index contributed by atoms with van der Waals surface area (Å²) in [6.07, 6.45) is 3.89. The normalized spacial score (nSPS) is 15.6. The molecule has 1 aliphatic heterocycles. The Balaban J connectivity index is 2.00. The molecule has 0 radical (unpaired) electrons. The quantitative estimate of drug-likeness (QED) is 0.374. The average molecular weight is 384 g/mol. The van der Waals surface area contributed by atoms with Crippen molar-refractivity contribution in [2.24, 2.45) is 4.99 Å². The average Bonchev–Trinajstić information content (AvgIpc) is 2.59. The van der Waals surface area contributed by atoms with Crippen LogP contribution in [0.2, 0.25) is 5.02 Å². The number of hydrogen-bond donors (Lipinski definition) is 0. The summed E-state index contributed by atoms with van der Waals surface area (Å²) in [5.41, 5.74) is 5.25. The molecule has 0 atom stereocenters. The number of halogens is 1. The number of hydrogen-bond acceptors (Lipinski definition) is 4. The van der Waals surface area contributed by atoms with E-state index in [2.05, 4.69) is 43.8 Å². The maximum atomic E-state index is 11.1. The van der Waals surface area contributed by atoms with Crippen molar-refractivity contribution in [1.82, 2.24) is 0 Å². The first-order valence-electron chi connectivity index (χ1n) is 8.66. The van der Waals surface area contributed by atoms with Gasteiger partial charge in [-0.25, -0.2) is 0 Å². The number of nitro benzene ring substituents is 1. The SMILES string of the molecule is CC1=CC(C)(C)N(C)c2cc(Cl)c(C=Nc3ccc(C)c([N+](=O)[O-])c3)cc21. The minimum atomic E-state index is -0.397. The second-order valence-electron chi connectivity index (χ2n) is 7.42. The highest BCUT2D eigenvalue weighted by molar-refractivity contribution is 6.33. The molecule has 3 rings (SSSR count). The van der Waals surface area contributed by atoms with Gasteiger partial charge in [-0.15, -0.1) is 0 Å². The fraction of sp³-hybridized carbons (Fsp3) is 0.286. The molecule has 1 heterocycles. The molecule has 0 aliphatic carbocycles. The Morgan fingerprint density at radius 2 is 1.93 bits per heavy atom. The molecule has 5 nitrogen and oxygen atoms in total. The van der Waals surface area contributed by atoms with Gasteiger partial charge in [0.05, 0.1) is 21.2 Å². The monoisotopic (exact) mass is 383 g/mol. The zero-order valence-electron chi connectivity index (χ0n) is 16.1. The van der Waals surface area contributed by atoms with E-state index in [9.17, 15) is 10.1 Å². The third-order valence-electron chi connectivity index (χ3n) is 5.08. The molecule has 2 aromatic rings. The van der Waals surface area contributed by atoms with Gasteiger partial charge in [0, 0.05) is 41.7 Å². The summed E-state index contributed by atoms with van der Waals surface area (Å²) in [4.78, 5) is 17.3. The van der Waals surface area contributed by atoms with E-state index in [0.29, 0.717) is 16.3 Å². The lowest BCUT2D eigenvalue weighted by Gasteiger charge is -2.40. The molecule has 6 heteroatoms. The number of benzene rings is 2. The largest absolute Gasteiger partial charge is 0.365 e. The molecule has 27 heavy (non-hydrogen) atoms. The lowest BCUT2D eigenvalue weighted by atomic mass is 9.88. The number of likely N-dealkylation sites (N-methyl/N-ethyl adjacent to an activating group) is 1. The molecule has 0 unspecified atom stereocenters. The van der Waals surface area contributed by atoms with E-state index in [0.717, 1.165) is 16.8 Å². The molecule has 0 saturated carbocycles. The lowest BCUT2D eigenvalue weighted by molar-refractivity contribution is -0.385. The molecule has 0 amide bonds. The van der Waals surface area contributed by atoms with Crippen molar-refractivity contribution in [2.45, 2.75) is 33.2 Å². The number of nitro groups is 1. The summed E-state index contributed by atoms with van der Waals surface area (Å²) >= 11 is 6.49. The maximum absolute atomic E-state index is 11.1. The van der Waals surface area contributed by atoms with Gasteiger partial charge in [0.2, 0.25) is 0 Å². The second kappa shape index (κ2) is 6.82. The van der Waals surface area contributed by atoms with E-state index in [1.54, 1.807) is 25.3 Å². The highest BCUT2D eigenvalue weighted by Gasteiger charge is 2.29. The third kappa shape index (κ3) is 3.60. The number of nitrogens with zero attached hydrogens (tertiary/aromatic N) is 3. The van der Waals surface area contributed by atoms with Crippen LogP contribution < -0.4 is 4.90 Å². The van der Waals surface area contributed by atoms with Crippen LogP contribution in [-0.2, 0) is 0 Å². The molecular formula is C21H22ClN3O2. The Bertz CT molecular complexity index is 993. The van der Waals surface area contributed by atoms with Gasteiger partial charge in [0.25, 0.3) is 5.69 Å². The van der Waals surface area contributed by atoms with Gasteiger partial charge >= 0.3 is 0 Å². The van der Waals surface area contributed by atoms with E-state index < -0.39 is 4.92 Å². The fourth-order valence-electron chi connectivity index (χ4n) is 3.31. The number of anilines is 1. The predicted molar refractivity (Wildman–Crippen MR) is 113 cm³/mol. The Hall–Kier alpha value is -2.66. The van der Waals surface area contributed by atoms with Crippen LogP contribution in [-0.4, -0.2) is 23.7 Å². The van der Waals surface area contributed by atoms with Crippen LogP contribution in [0.3, 0.4) is 0 Å². The summed E-state index contributed by atoms with van der Waals surface area (Å²) in [7, 11) is 2.05. The first kappa shape index (κ1) is 19.1. The summed E-state index contributed by atoms with van der Waals surface area (Å²) in [6.45, 7) is 8.12. The van der Waals surface area contributed by atoms with Crippen LogP contribution >= 0.6 is 11.6 Å². The zero-order valence-corrected chi connectivity index (χ0v) is 16.8. The highest BCUT2D eigenvalue weighted by atomic mass is 35.5. The standard InChI is InChI=1S/C21H22ClN3O2/c1-13-6-7-16(9-19(13)25(26)27)23-12-15-8-17-14(2)11-21(3,4)24(5)20(17)10-18(15)22/h6-12H,1-5H3. The smallest absolute Gasteiger partial charge is 0.274 e. The molecule has 1 aliphatic rings. The van der Waals surface area contributed by atoms with Crippen molar-refractivity contribution in [3.8, 4) is 0 Å². The summed E-state index contributed by atoms with van der Waals surface area (Å²) in [5, 5.41) is 11.7. The summed E-state index contributed by atoms with van der Waals surface area (Å²) in [5.74, 6) is 0. The van der Waals surface area contributed by atoms with Crippen LogP contribution in [0, 0.1) is 17.0 Å². The number of aliphatic imine (C=N–C) groups is 1. The van der Waals surface area contributed by atoms with Crippen LogP contribution in [0.1, 0.15) is 37.5 Å². The van der Waals surface area contributed by atoms with Gasteiger partial charge in [-0.1, -0.05) is 23.7 Å². The van der Waals surface area contributed by atoms with E-state index in [4.69, 9.17) is 11.6 Å². The van der Waals surface area contributed by atoms with Crippen LogP contribution in [0.5, 0.6) is 0 Å². The maximum Gasteiger partial charge on any atom is 0.274 e. The van der Waals surface area contributed by atoms with Gasteiger partial charge in [0.1, 0.15) is 0 Å². The van der Waals surface area contributed by atoms with Gasteiger partial charge in [0.15, 0.2) is 0 Å². The predicted octanol–water partition coefficient (Wildman–Crippen LogP) is 5.94. The molecular weight excluding hydrogens is 362 g/mol. The number of rotatable bonds is 3. The van der Waals surface area contributed by atoms with Crippen molar-refractivity contribution < 1.29 is 4.92 Å². The zero-order chi connectivity index (χ0) is 19.9. The van der Waals surface area contributed by atoms with Crippen LogP contribution in [0.4, 0.5) is 17.1 Å². The lowest BCUT2D eigenvalue weighted by Crippen LogP contribution is -2.42. The Morgan fingerprint density at radius 1 is 1.22 bits per heavy atom. The van der Waals surface area contributed by atoms with Crippen LogP contribution in [0.25, 0.3) is 5.57 Å². The Labute approximate surface area is 164 Å². The van der Waals surface area contributed by atoms with Crippen molar-refractivity contribution in [3.63, 3.8) is 0 Å². The number of fused-ring (bicyclic) bond motifs is 1. The van der Waals surface area contributed by atoms with E-state index in [1.165, 1.54) is 11.6 Å². The first-order valence-corrected chi connectivity index (χ1v) is 9.04. The molecule has 0 fully saturated rings. The second-order valence-corrected chi connectivity index (χ2v) is 7.82. The molecule has 2 aromatic carbocycles. The number of aryl methyl sites for hydroxylation is 1. The molecule has 0 aromatic heterocycles. The third-order valence-corrected chi connectivity index (χ3v) is 5.40. The van der Waals surface area contributed by atoms with E-state index in [1.807, 2.05) is 12.1 Å². The minimum absolute atomic E-state index is 0.0591. The molecule has 0 spiro atoms. The first-order chi connectivity index (χ1) is 12.6. The summed E-state index contributed by atoms with van der Waals surface area (Å²) in [6, 6.07) is 8.89. The molecule has 140 valence electrons. The van der Waals surface area contributed by atoms with Crippen molar-refractivity contribution >= 4 is 40.5 Å². The highest BCUT2D eigenvalue weighted by Crippen LogP contribution is 2.40. The van der Waals surface area contributed by atoms with E-state index >= 15 is 0 Å². The van der Waals surface area contributed by atoms with Gasteiger partial charge < -0.3 is 4.90 Å².